The van der Waals surface area contributed by atoms with E-state index < -0.39 is 5.97 Å². The first kappa shape index (κ1) is 13.5. The molecular formula is C11H13BrO3S. The molecule has 0 aliphatic carbocycles. The number of hydrogen-bond acceptors (Lipinski definition) is 3. The molecule has 0 amide bonds. The summed E-state index contributed by atoms with van der Waals surface area (Å²) in [7, 11) is 1.63. The molecule has 0 saturated carbocycles. The number of carbonyl (C=O) groups is 1. The van der Waals surface area contributed by atoms with Crippen molar-refractivity contribution < 1.29 is 14.6 Å². The van der Waals surface area contributed by atoms with Crippen LogP contribution in [0.2, 0.25) is 0 Å². The highest BCUT2D eigenvalue weighted by atomic mass is 79.9. The number of methoxy groups -OCH3 is 1. The van der Waals surface area contributed by atoms with Crippen molar-refractivity contribution in [1.29, 1.82) is 0 Å². The van der Waals surface area contributed by atoms with E-state index >= 15 is 0 Å². The van der Waals surface area contributed by atoms with Crippen molar-refractivity contribution in [3.8, 4) is 0 Å². The fourth-order valence-electron chi connectivity index (χ4n) is 1.26. The zero-order valence-corrected chi connectivity index (χ0v) is 11.5. The molecule has 1 unspecified atom stereocenters. The third-order valence-corrected chi connectivity index (χ3v) is 3.53. The number of aromatic carboxylic acids is 1. The molecule has 0 bridgehead atoms. The van der Waals surface area contributed by atoms with Gasteiger partial charge in [-0.15, -0.1) is 11.8 Å². The summed E-state index contributed by atoms with van der Waals surface area (Å²) in [4.78, 5) is 11.8. The van der Waals surface area contributed by atoms with Gasteiger partial charge >= 0.3 is 5.97 Å². The number of ether oxygens (including phenoxy) is 1. The van der Waals surface area contributed by atoms with Gasteiger partial charge in [-0.25, -0.2) is 4.79 Å². The normalized spacial score (nSPS) is 12.4. The van der Waals surface area contributed by atoms with Crippen LogP contribution in [0.1, 0.15) is 17.3 Å². The predicted octanol–water partition coefficient (Wildman–Crippen LogP) is 3.27. The van der Waals surface area contributed by atoms with E-state index in [1.807, 2.05) is 13.0 Å². The molecule has 0 aliphatic heterocycles. The van der Waals surface area contributed by atoms with Crippen molar-refractivity contribution in [3.05, 3.63) is 28.2 Å². The molecule has 5 heteroatoms. The minimum Gasteiger partial charge on any atom is -0.478 e. The van der Waals surface area contributed by atoms with E-state index in [2.05, 4.69) is 15.9 Å². The molecule has 0 aromatic heterocycles. The Labute approximate surface area is 107 Å². The van der Waals surface area contributed by atoms with Crippen LogP contribution in [0.15, 0.2) is 27.6 Å². The lowest BCUT2D eigenvalue weighted by Crippen LogP contribution is -2.07. The number of thioether (sulfide) groups is 1. The molecule has 1 aromatic rings. The first-order valence-electron chi connectivity index (χ1n) is 4.73. The Morgan fingerprint density at radius 3 is 2.88 bits per heavy atom. The molecule has 0 spiro atoms. The highest BCUT2D eigenvalue weighted by Crippen LogP contribution is 2.29. The molecule has 0 fully saturated rings. The largest absolute Gasteiger partial charge is 0.478 e. The summed E-state index contributed by atoms with van der Waals surface area (Å²) in [5.41, 5.74) is 0.330. The van der Waals surface area contributed by atoms with Crippen LogP contribution in [0.5, 0.6) is 0 Å². The predicted molar refractivity (Wildman–Crippen MR) is 68.3 cm³/mol. The van der Waals surface area contributed by atoms with Gasteiger partial charge < -0.3 is 9.84 Å². The van der Waals surface area contributed by atoms with E-state index in [1.54, 1.807) is 19.2 Å². The zero-order chi connectivity index (χ0) is 12.1. The average Bonchev–Trinajstić information content (AvgIpc) is 2.17. The number of benzene rings is 1. The van der Waals surface area contributed by atoms with Crippen molar-refractivity contribution >= 4 is 33.7 Å². The van der Waals surface area contributed by atoms with Gasteiger partial charge in [0.25, 0.3) is 0 Å². The van der Waals surface area contributed by atoms with Gasteiger partial charge in [-0.3, -0.25) is 0 Å². The van der Waals surface area contributed by atoms with Crippen LogP contribution in [0.3, 0.4) is 0 Å². The van der Waals surface area contributed by atoms with E-state index in [4.69, 9.17) is 9.84 Å². The minimum atomic E-state index is -0.903. The van der Waals surface area contributed by atoms with Crippen LogP contribution in [0.25, 0.3) is 0 Å². The Morgan fingerprint density at radius 1 is 1.62 bits per heavy atom. The van der Waals surface area contributed by atoms with Crippen LogP contribution in [0.4, 0.5) is 0 Å². The molecule has 0 radical (unpaired) electrons. The van der Waals surface area contributed by atoms with E-state index in [9.17, 15) is 4.79 Å². The van der Waals surface area contributed by atoms with E-state index in [-0.39, 0.29) is 5.25 Å². The van der Waals surface area contributed by atoms with Gasteiger partial charge in [0.1, 0.15) is 0 Å². The Kier molecular flexibility index (Phi) is 5.31. The van der Waals surface area contributed by atoms with Crippen molar-refractivity contribution in [1.82, 2.24) is 0 Å². The second-order valence-corrected chi connectivity index (χ2v) is 5.73. The van der Waals surface area contributed by atoms with Crippen LogP contribution in [0, 0.1) is 0 Å². The lowest BCUT2D eigenvalue weighted by Gasteiger charge is -2.12. The van der Waals surface area contributed by atoms with E-state index in [0.29, 0.717) is 12.2 Å². The monoisotopic (exact) mass is 304 g/mol. The maximum absolute atomic E-state index is 11.0. The van der Waals surface area contributed by atoms with Gasteiger partial charge in [0.2, 0.25) is 0 Å². The molecule has 1 atom stereocenters. The van der Waals surface area contributed by atoms with Gasteiger partial charge in [-0.05, 0) is 18.2 Å². The lowest BCUT2D eigenvalue weighted by molar-refractivity contribution is 0.0693. The second-order valence-electron chi connectivity index (χ2n) is 3.33. The standard InChI is InChI=1S/C11H13BrO3S/c1-7(6-15-2)16-10-5-8(12)3-4-9(10)11(13)14/h3-5,7H,6H2,1-2H3,(H,13,14). The average molecular weight is 305 g/mol. The second kappa shape index (κ2) is 6.27. The van der Waals surface area contributed by atoms with Gasteiger partial charge in [-0.2, -0.15) is 0 Å². The van der Waals surface area contributed by atoms with Crippen LogP contribution in [-0.2, 0) is 4.74 Å². The third-order valence-electron chi connectivity index (χ3n) is 1.90. The summed E-state index contributed by atoms with van der Waals surface area (Å²) in [6.07, 6.45) is 0. The Balaban J connectivity index is 2.92. The van der Waals surface area contributed by atoms with E-state index in [0.717, 1.165) is 9.37 Å². The van der Waals surface area contributed by atoms with Crippen LogP contribution in [-0.4, -0.2) is 30.0 Å². The van der Waals surface area contributed by atoms with Gasteiger partial charge in [0, 0.05) is 21.7 Å². The maximum atomic E-state index is 11.0. The van der Waals surface area contributed by atoms with Crippen molar-refractivity contribution in [3.63, 3.8) is 0 Å². The molecule has 3 nitrogen and oxygen atoms in total. The Morgan fingerprint density at radius 2 is 2.31 bits per heavy atom. The van der Waals surface area contributed by atoms with Gasteiger partial charge in [-0.1, -0.05) is 22.9 Å². The van der Waals surface area contributed by atoms with Gasteiger partial charge in [0.15, 0.2) is 0 Å². The molecule has 1 aromatic carbocycles. The summed E-state index contributed by atoms with van der Waals surface area (Å²) in [5.74, 6) is -0.903. The molecule has 0 saturated heterocycles. The van der Waals surface area contributed by atoms with Crippen LogP contribution >= 0.6 is 27.7 Å². The first-order valence-corrected chi connectivity index (χ1v) is 6.40. The summed E-state index contributed by atoms with van der Waals surface area (Å²) >= 11 is 4.84. The number of carboxylic acids is 1. The van der Waals surface area contributed by atoms with Crippen LogP contribution < -0.4 is 0 Å². The summed E-state index contributed by atoms with van der Waals surface area (Å²) < 4.78 is 5.91. The molecule has 0 aliphatic rings. The molecular weight excluding hydrogens is 292 g/mol. The topological polar surface area (TPSA) is 46.5 Å². The highest BCUT2D eigenvalue weighted by molar-refractivity contribution is 9.10. The van der Waals surface area contributed by atoms with E-state index in [1.165, 1.54) is 11.8 Å². The fraction of sp³-hybridized carbons (Fsp3) is 0.364. The number of hydrogen-bond donors (Lipinski definition) is 1. The smallest absolute Gasteiger partial charge is 0.336 e. The van der Waals surface area contributed by atoms with Crippen molar-refractivity contribution in [2.45, 2.75) is 17.1 Å². The Bertz CT molecular complexity index is 381. The first-order chi connectivity index (χ1) is 7.54. The fourth-order valence-corrected chi connectivity index (χ4v) is 2.88. The number of rotatable bonds is 5. The summed E-state index contributed by atoms with van der Waals surface area (Å²) in [6, 6.07) is 5.16. The molecule has 1 rings (SSSR count). The quantitative estimate of drug-likeness (QED) is 0.848. The molecule has 0 heterocycles. The number of halogens is 1. The lowest BCUT2D eigenvalue weighted by atomic mass is 10.2. The molecule has 1 N–H and O–H groups in total. The third kappa shape index (κ3) is 3.81. The Hall–Kier alpha value is -0.520. The van der Waals surface area contributed by atoms with Crippen molar-refractivity contribution in [2.75, 3.05) is 13.7 Å². The van der Waals surface area contributed by atoms with Crippen molar-refractivity contribution in [2.24, 2.45) is 0 Å². The summed E-state index contributed by atoms with van der Waals surface area (Å²) in [6.45, 7) is 2.59. The molecule has 88 valence electrons. The van der Waals surface area contributed by atoms with Gasteiger partial charge in [0.05, 0.1) is 12.2 Å². The highest BCUT2D eigenvalue weighted by Gasteiger charge is 2.13. The molecule has 16 heavy (non-hydrogen) atoms. The minimum absolute atomic E-state index is 0.220. The number of carboxylic acid groups (broad SMARTS) is 1. The SMILES string of the molecule is COCC(C)Sc1cc(Br)ccc1C(=O)O. The summed E-state index contributed by atoms with van der Waals surface area (Å²) in [5, 5.41) is 9.26. The maximum Gasteiger partial charge on any atom is 0.336 e. The zero-order valence-electron chi connectivity index (χ0n) is 9.07.